The molecule has 3 unspecified atom stereocenters. The van der Waals surface area contributed by atoms with E-state index in [9.17, 15) is 4.79 Å². The van der Waals surface area contributed by atoms with Crippen LogP contribution in [0.3, 0.4) is 0 Å². The third kappa shape index (κ3) is 2.92. The van der Waals surface area contributed by atoms with E-state index in [1.807, 2.05) is 20.9 Å². The van der Waals surface area contributed by atoms with Crippen molar-refractivity contribution in [3.8, 4) is 0 Å². The van der Waals surface area contributed by atoms with E-state index in [4.69, 9.17) is 10.5 Å². The molecule has 88 valence electrons. The first kappa shape index (κ1) is 12.5. The van der Waals surface area contributed by atoms with E-state index in [1.165, 1.54) is 0 Å². The van der Waals surface area contributed by atoms with Gasteiger partial charge in [-0.15, -0.1) is 0 Å². The molecule has 0 aromatic carbocycles. The van der Waals surface area contributed by atoms with Gasteiger partial charge in [-0.05, 0) is 19.8 Å². The van der Waals surface area contributed by atoms with Gasteiger partial charge in [0.15, 0.2) is 0 Å². The van der Waals surface area contributed by atoms with E-state index in [-0.39, 0.29) is 24.1 Å². The van der Waals surface area contributed by atoms with Crippen molar-refractivity contribution in [2.45, 2.75) is 51.3 Å². The van der Waals surface area contributed by atoms with Crippen molar-refractivity contribution in [1.29, 1.82) is 0 Å². The van der Waals surface area contributed by atoms with Crippen LogP contribution in [-0.2, 0) is 9.53 Å². The fourth-order valence-electron chi connectivity index (χ4n) is 2.09. The fourth-order valence-corrected chi connectivity index (χ4v) is 2.09. The van der Waals surface area contributed by atoms with Gasteiger partial charge in [-0.25, -0.2) is 0 Å². The molecule has 0 radical (unpaired) electrons. The van der Waals surface area contributed by atoms with Crippen molar-refractivity contribution in [3.05, 3.63) is 0 Å². The summed E-state index contributed by atoms with van der Waals surface area (Å²) in [6.45, 7) is 4.79. The molecule has 0 aromatic heterocycles. The van der Waals surface area contributed by atoms with Crippen molar-refractivity contribution in [3.63, 3.8) is 0 Å². The summed E-state index contributed by atoms with van der Waals surface area (Å²) in [6, 6.07) is -0.159. The number of hydrogen-bond donors (Lipinski definition) is 1. The van der Waals surface area contributed by atoms with E-state index in [2.05, 4.69) is 0 Å². The molecule has 0 spiro atoms. The SMILES string of the molecule is CCCC(N)C(=O)N(C)C1CCOC1C. The predicted octanol–water partition coefficient (Wildman–Crippen LogP) is 0.750. The summed E-state index contributed by atoms with van der Waals surface area (Å²) in [6.07, 6.45) is 2.75. The monoisotopic (exact) mass is 214 g/mol. The second-order valence-corrected chi connectivity index (χ2v) is 4.28. The molecule has 1 rings (SSSR count). The number of ether oxygens (including phenoxy) is 1. The molecule has 1 saturated heterocycles. The van der Waals surface area contributed by atoms with Crippen LogP contribution in [-0.4, -0.2) is 42.6 Å². The predicted molar refractivity (Wildman–Crippen MR) is 59.5 cm³/mol. The van der Waals surface area contributed by atoms with Crippen LogP contribution in [0.1, 0.15) is 33.1 Å². The van der Waals surface area contributed by atoms with Crippen molar-refractivity contribution in [2.75, 3.05) is 13.7 Å². The molecule has 0 aliphatic carbocycles. The molecule has 1 aliphatic rings. The number of carbonyl (C=O) groups is 1. The average Bonchev–Trinajstić information content (AvgIpc) is 2.62. The van der Waals surface area contributed by atoms with Gasteiger partial charge in [-0.3, -0.25) is 4.79 Å². The maximum Gasteiger partial charge on any atom is 0.239 e. The van der Waals surface area contributed by atoms with E-state index in [0.29, 0.717) is 0 Å². The van der Waals surface area contributed by atoms with E-state index in [1.54, 1.807) is 4.90 Å². The van der Waals surface area contributed by atoms with Gasteiger partial charge in [0.1, 0.15) is 0 Å². The zero-order valence-electron chi connectivity index (χ0n) is 9.90. The molecule has 3 atom stereocenters. The Bertz CT molecular complexity index is 221. The summed E-state index contributed by atoms with van der Waals surface area (Å²) in [5.41, 5.74) is 5.81. The van der Waals surface area contributed by atoms with Crippen molar-refractivity contribution < 1.29 is 9.53 Å². The zero-order valence-corrected chi connectivity index (χ0v) is 9.90. The molecule has 1 fully saturated rings. The van der Waals surface area contributed by atoms with Gasteiger partial charge in [-0.2, -0.15) is 0 Å². The second-order valence-electron chi connectivity index (χ2n) is 4.28. The highest BCUT2D eigenvalue weighted by Gasteiger charge is 2.32. The fraction of sp³-hybridized carbons (Fsp3) is 0.909. The summed E-state index contributed by atoms with van der Waals surface area (Å²) in [5, 5.41) is 0. The lowest BCUT2D eigenvalue weighted by atomic mass is 10.1. The molecule has 0 aromatic rings. The molecule has 2 N–H and O–H groups in total. The second kappa shape index (κ2) is 5.47. The lowest BCUT2D eigenvalue weighted by molar-refractivity contribution is -0.134. The van der Waals surface area contributed by atoms with Gasteiger partial charge in [0.05, 0.1) is 18.2 Å². The number of likely N-dealkylation sites (N-methyl/N-ethyl adjacent to an activating group) is 1. The summed E-state index contributed by atoms with van der Waals surface area (Å²) in [4.78, 5) is 13.7. The lowest BCUT2D eigenvalue weighted by Crippen LogP contribution is -2.48. The van der Waals surface area contributed by atoms with Crippen LogP contribution < -0.4 is 5.73 Å². The highest BCUT2D eigenvalue weighted by atomic mass is 16.5. The van der Waals surface area contributed by atoms with Crippen LogP contribution in [0.2, 0.25) is 0 Å². The van der Waals surface area contributed by atoms with Crippen LogP contribution >= 0.6 is 0 Å². The summed E-state index contributed by atoms with van der Waals surface area (Å²) in [7, 11) is 1.83. The van der Waals surface area contributed by atoms with E-state index >= 15 is 0 Å². The largest absolute Gasteiger partial charge is 0.376 e. The minimum Gasteiger partial charge on any atom is -0.376 e. The molecule has 0 bridgehead atoms. The molecular weight excluding hydrogens is 192 g/mol. The number of nitrogens with zero attached hydrogens (tertiary/aromatic N) is 1. The number of nitrogens with two attached hydrogens (primary N) is 1. The molecule has 4 heteroatoms. The highest BCUT2D eigenvalue weighted by Crippen LogP contribution is 2.19. The Labute approximate surface area is 91.8 Å². The van der Waals surface area contributed by atoms with Gasteiger partial charge in [0.25, 0.3) is 0 Å². The number of amides is 1. The topological polar surface area (TPSA) is 55.6 Å². The normalized spacial score (nSPS) is 27.7. The quantitative estimate of drug-likeness (QED) is 0.751. The van der Waals surface area contributed by atoms with Gasteiger partial charge in [0.2, 0.25) is 5.91 Å². The number of carbonyl (C=O) groups excluding carboxylic acids is 1. The molecule has 15 heavy (non-hydrogen) atoms. The smallest absolute Gasteiger partial charge is 0.239 e. The first-order chi connectivity index (χ1) is 7.07. The Hall–Kier alpha value is -0.610. The number of hydrogen-bond acceptors (Lipinski definition) is 3. The molecule has 4 nitrogen and oxygen atoms in total. The van der Waals surface area contributed by atoms with Crippen molar-refractivity contribution >= 4 is 5.91 Å². The first-order valence-electron chi connectivity index (χ1n) is 5.71. The minimum absolute atomic E-state index is 0.0409. The lowest BCUT2D eigenvalue weighted by Gasteiger charge is -2.29. The Morgan fingerprint density at radius 2 is 2.33 bits per heavy atom. The van der Waals surface area contributed by atoms with Gasteiger partial charge < -0.3 is 15.4 Å². The third-order valence-electron chi connectivity index (χ3n) is 3.10. The Balaban J connectivity index is 2.51. The number of rotatable bonds is 4. The molecular formula is C11H22N2O2. The maximum atomic E-state index is 11.9. The van der Waals surface area contributed by atoms with Crippen LogP contribution in [0.15, 0.2) is 0 Å². The molecule has 1 heterocycles. The minimum atomic E-state index is -0.354. The Morgan fingerprint density at radius 3 is 2.80 bits per heavy atom. The third-order valence-corrected chi connectivity index (χ3v) is 3.10. The Kier molecular flexibility index (Phi) is 4.54. The summed E-state index contributed by atoms with van der Waals surface area (Å²) >= 11 is 0. The van der Waals surface area contributed by atoms with Crippen LogP contribution in [0.5, 0.6) is 0 Å². The zero-order chi connectivity index (χ0) is 11.4. The van der Waals surface area contributed by atoms with Gasteiger partial charge >= 0.3 is 0 Å². The van der Waals surface area contributed by atoms with Gasteiger partial charge in [0, 0.05) is 13.7 Å². The highest BCUT2D eigenvalue weighted by molar-refractivity contribution is 5.81. The standard InChI is InChI=1S/C11H22N2O2/c1-4-5-9(12)11(14)13(3)10-6-7-15-8(10)2/h8-10H,4-7,12H2,1-3H3. The molecule has 1 amide bonds. The Morgan fingerprint density at radius 1 is 1.67 bits per heavy atom. The molecule has 1 aliphatic heterocycles. The summed E-state index contributed by atoms with van der Waals surface area (Å²) < 4.78 is 5.44. The van der Waals surface area contributed by atoms with Crippen LogP contribution in [0, 0.1) is 0 Å². The van der Waals surface area contributed by atoms with Crippen LogP contribution in [0.25, 0.3) is 0 Å². The van der Waals surface area contributed by atoms with Crippen molar-refractivity contribution in [2.24, 2.45) is 5.73 Å². The molecule has 0 saturated carbocycles. The van der Waals surface area contributed by atoms with Crippen molar-refractivity contribution in [1.82, 2.24) is 4.90 Å². The van der Waals surface area contributed by atoms with E-state index in [0.717, 1.165) is 25.9 Å². The maximum absolute atomic E-state index is 11.9. The van der Waals surface area contributed by atoms with E-state index < -0.39 is 0 Å². The average molecular weight is 214 g/mol. The van der Waals surface area contributed by atoms with Crippen LogP contribution in [0.4, 0.5) is 0 Å². The first-order valence-corrected chi connectivity index (χ1v) is 5.71. The van der Waals surface area contributed by atoms with Gasteiger partial charge in [-0.1, -0.05) is 13.3 Å². The summed E-state index contributed by atoms with van der Waals surface area (Å²) in [5.74, 6) is 0.0409.